The van der Waals surface area contributed by atoms with Crippen molar-refractivity contribution in [3.8, 4) is 0 Å². The molecule has 0 fully saturated rings. The van der Waals surface area contributed by atoms with E-state index in [4.69, 9.17) is 5.73 Å². The standard InChI is InChI=1S/C13H21NO/c1-9-5-7-10(8-6-9)11(14)12(15)13(2,3)4/h5-8,11-12,15H,14H2,1-4H3/t11-,12-/m0/s1. The van der Waals surface area contributed by atoms with Crippen LogP contribution in [0, 0.1) is 12.3 Å². The highest BCUT2D eigenvalue weighted by Gasteiger charge is 2.28. The van der Waals surface area contributed by atoms with Crippen LogP contribution in [0.3, 0.4) is 0 Å². The summed E-state index contributed by atoms with van der Waals surface area (Å²) in [6.07, 6.45) is -0.528. The van der Waals surface area contributed by atoms with Crippen LogP contribution in [0.5, 0.6) is 0 Å². The molecule has 84 valence electrons. The van der Waals surface area contributed by atoms with Crippen LogP contribution in [0.1, 0.15) is 37.9 Å². The zero-order valence-corrected chi connectivity index (χ0v) is 9.99. The van der Waals surface area contributed by atoms with Crippen LogP contribution in [-0.4, -0.2) is 11.2 Å². The number of aryl methyl sites for hydroxylation is 1. The summed E-state index contributed by atoms with van der Waals surface area (Å²) in [5.41, 5.74) is 8.03. The fraction of sp³-hybridized carbons (Fsp3) is 0.538. The molecule has 2 nitrogen and oxygen atoms in total. The highest BCUT2D eigenvalue weighted by molar-refractivity contribution is 5.24. The molecule has 0 saturated heterocycles. The molecule has 0 saturated carbocycles. The number of aliphatic hydroxyl groups excluding tert-OH is 1. The highest BCUT2D eigenvalue weighted by atomic mass is 16.3. The van der Waals surface area contributed by atoms with E-state index >= 15 is 0 Å². The number of aliphatic hydroxyl groups is 1. The Morgan fingerprint density at radius 3 is 2.00 bits per heavy atom. The zero-order valence-electron chi connectivity index (χ0n) is 9.99. The normalized spacial score (nSPS) is 16.1. The number of benzene rings is 1. The quantitative estimate of drug-likeness (QED) is 0.782. The fourth-order valence-electron chi connectivity index (χ4n) is 1.51. The maximum atomic E-state index is 10.1. The average molecular weight is 207 g/mol. The lowest BCUT2D eigenvalue weighted by Crippen LogP contribution is -2.36. The van der Waals surface area contributed by atoms with Gasteiger partial charge in [0.05, 0.1) is 12.1 Å². The average Bonchev–Trinajstić information content (AvgIpc) is 2.15. The monoisotopic (exact) mass is 207 g/mol. The SMILES string of the molecule is Cc1ccc([C@H](N)[C@H](O)C(C)(C)C)cc1. The predicted octanol–water partition coefficient (Wildman–Crippen LogP) is 2.40. The molecule has 0 radical (unpaired) electrons. The van der Waals surface area contributed by atoms with E-state index in [0.29, 0.717) is 0 Å². The van der Waals surface area contributed by atoms with Gasteiger partial charge in [-0.25, -0.2) is 0 Å². The van der Waals surface area contributed by atoms with E-state index in [-0.39, 0.29) is 11.5 Å². The van der Waals surface area contributed by atoms with Crippen molar-refractivity contribution in [3.05, 3.63) is 35.4 Å². The molecule has 0 amide bonds. The lowest BCUT2D eigenvalue weighted by Gasteiger charge is -2.31. The van der Waals surface area contributed by atoms with Gasteiger partial charge in [0, 0.05) is 0 Å². The maximum Gasteiger partial charge on any atom is 0.0780 e. The molecule has 15 heavy (non-hydrogen) atoms. The molecule has 0 aromatic heterocycles. The second kappa shape index (κ2) is 4.33. The number of rotatable bonds is 2. The van der Waals surface area contributed by atoms with Crippen LogP contribution < -0.4 is 5.73 Å². The minimum atomic E-state index is -0.528. The van der Waals surface area contributed by atoms with E-state index in [2.05, 4.69) is 0 Å². The summed E-state index contributed by atoms with van der Waals surface area (Å²) >= 11 is 0. The second-order valence-corrected chi connectivity index (χ2v) is 5.25. The molecule has 0 bridgehead atoms. The predicted molar refractivity (Wildman–Crippen MR) is 63.6 cm³/mol. The van der Waals surface area contributed by atoms with Crippen LogP contribution >= 0.6 is 0 Å². The van der Waals surface area contributed by atoms with Gasteiger partial charge < -0.3 is 10.8 Å². The van der Waals surface area contributed by atoms with Crippen molar-refractivity contribution in [1.82, 2.24) is 0 Å². The Kier molecular flexibility index (Phi) is 3.53. The van der Waals surface area contributed by atoms with Crippen molar-refractivity contribution >= 4 is 0 Å². The van der Waals surface area contributed by atoms with Crippen LogP contribution in [0.4, 0.5) is 0 Å². The topological polar surface area (TPSA) is 46.2 Å². The Morgan fingerprint density at radius 2 is 1.60 bits per heavy atom. The summed E-state index contributed by atoms with van der Waals surface area (Å²) in [6, 6.07) is 7.68. The van der Waals surface area contributed by atoms with Crippen LogP contribution in [0.2, 0.25) is 0 Å². The minimum absolute atomic E-state index is 0.190. The summed E-state index contributed by atoms with van der Waals surface area (Å²) in [4.78, 5) is 0. The molecule has 0 aliphatic carbocycles. The van der Waals surface area contributed by atoms with Crippen molar-refractivity contribution in [2.75, 3.05) is 0 Å². The summed E-state index contributed by atoms with van der Waals surface area (Å²) in [5.74, 6) is 0. The Labute approximate surface area is 92.1 Å². The molecular weight excluding hydrogens is 186 g/mol. The largest absolute Gasteiger partial charge is 0.391 e. The van der Waals surface area contributed by atoms with Crippen molar-refractivity contribution < 1.29 is 5.11 Å². The summed E-state index contributed by atoms with van der Waals surface area (Å²) in [6.45, 7) is 8.01. The molecule has 1 rings (SSSR count). The van der Waals surface area contributed by atoms with Gasteiger partial charge in [0.2, 0.25) is 0 Å². The first kappa shape index (κ1) is 12.2. The van der Waals surface area contributed by atoms with E-state index in [1.807, 2.05) is 52.0 Å². The van der Waals surface area contributed by atoms with E-state index in [1.165, 1.54) is 5.56 Å². The van der Waals surface area contributed by atoms with Gasteiger partial charge in [0.15, 0.2) is 0 Å². The number of hydrogen-bond donors (Lipinski definition) is 2. The molecule has 3 N–H and O–H groups in total. The third kappa shape index (κ3) is 3.05. The molecule has 0 aliphatic rings. The Morgan fingerprint density at radius 1 is 1.13 bits per heavy atom. The van der Waals surface area contributed by atoms with Crippen molar-refractivity contribution in [3.63, 3.8) is 0 Å². The third-order valence-electron chi connectivity index (χ3n) is 2.69. The van der Waals surface area contributed by atoms with Crippen molar-refractivity contribution in [2.45, 2.75) is 39.8 Å². The van der Waals surface area contributed by atoms with E-state index in [1.54, 1.807) is 0 Å². The van der Waals surface area contributed by atoms with E-state index < -0.39 is 6.10 Å². The molecule has 1 aromatic carbocycles. The molecule has 2 heteroatoms. The first-order valence-corrected chi connectivity index (χ1v) is 5.32. The zero-order chi connectivity index (χ0) is 11.6. The van der Waals surface area contributed by atoms with Crippen molar-refractivity contribution in [1.29, 1.82) is 0 Å². The lowest BCUT2D eigenvalue weighted by atomic mass is 9.82. The highest BCUT2D eigenvalue weighted by Crippen LogP contribution is 2.28. The maximum absolute atomic E-state index is 10.1. The summed E-state index contributed by atoms with van der Waals surface area (Å²) < 4.78 is 0. The van der Waals surface area contributed by atoms with Crippen molar-refractivity contribution in [2.24, 2.45) is 11.1 Å². The van der Waals surface area contributed by atoms with Gasteiger partial charge in [0.25, 0.3) is 0 Å². The molecule has 1 aromatic rings. The number of hydrogen-bond acceptors (Lipinski definition) is 2. The molecular formula is C13H21NO. The van der Waals surface area contributed by atoms with E-state index in [0.717, 1.165) is 5.56 Å². The van der Waals surface area contributed by atoms with Gasteiger partial charge in [0.1, 0.15) is 0 Å². The Balaban J connectivity index is 2.85. The molecule has 0 spiro atoms. The Hall–Kier alpha value is -0.860. The first-order chi connectivity index (χ1) is 6.82. The van der Waals surface area contributed by atoms with Gasteiger partial charge in [-0.2, -0.15) is 0 Å². The van der Waals surface area contributed by atoms with E-state index in [9.17, 15) is 5.11 Å². The lowest BCUT2D eigenvalue weighted by molar-refractivity contribution is 0.0401. The summed E-state index contributed by atoms with van der Waals surface area (Å²) in [7, 11) is 0. The smallest absolute Gasteiger partial charge is 0.0780 e. The fourth-order valence-corrected chi connectivity index (χ4v) is 1.51. The molecule has 0 aliphatic heterocycles. The van der Waals surface area contributed by atoms with Crippen LogP contribution in [0.15, 0.2) is 24.3 Å². The number of nitrogens with two attached hydrogens (primary N) is 1. The third-order valence-corrected chi connectivity index (χ3v) is 2.69. The first-order valence-electron chi connectivity index (χ1n) is 5.32. The van der Waals surface area contributed by atoms with Gasteiger partial charge in [-0.3, -0.25) is 0 Å². The van der Waals surface area contributed by atoms with Crippen LogP contribution in [0.25, 0.3) is 0 Å². The summed E-state index contributed by atoms with van der Waals surface area (Å²) in [5, 5.41) is 10.1. The van der Waals surface area contributed by atoms with Gasteiger partial charge in [-0.05, 0) is 17.9 Å². The Bertz CT molecular complexity index is 310. The minimum Gasteiger partial charge on any atom is -0.391 e. The molecule has 2 atom stereocenters. The van der Waals surface area contributed by atoms with Crippen LogP contribution in [-0.2, 0) is 0 Å². The van der Waals surface area contributed by atoms with Gasteiger partial charge >= 0.3 is 0 Å². The van der Waals surface area contributed by atoms with Gasteiger partial charge in [-0.15, -0.1) is 0 Å². The molecule has 0 unspecified atom stereocenters. The molecule has 0 heterocycles. The second-order valence-electron chi connectivity index (χ2n) is 5.25. The van der Waals surface area contributed by atoms with Gasteiger partial charge in [-0.1, -0.05) is 50.6 Å².